The van der Waals surface area contributed by atoms with Crippen LogP contribution >= 0.6 is 11.6 Å². The molecule has 9 nitrogen and oxygen atoms in total. The number of methoxy groups -OCH3 is 1. The van der Waals surface area contributed by atoms with Crippen molar-refractivity contribution in [3.05, 3.63) is 47.0 Å². The van der Waals surface area contributed by atoms with E-state index in [0.29, 0.717) is 5.02 Å². The van der Waals surface area contributed by atoms with Crippen molar-refractivity contribution in [1.29, 1.82) is 0 Å². The van der Waals surface area contributed by atoms with Crippen molar-refractivity contribution < 1.29 is 32.3 Å². The van der Waals surface area contributed by atoms with Crippen LogP contribution in [-0.2, 0) is 24.3 Å². The molecule has 1 aliphatic rings. The van der Waals surface area contributed by atoms with Crippen LogP contribution in [0.25, 0.3) is 0 Å². The Hall–Kier alpha value is -2.95. The Labute approximate surface area is 171 Å². The topological polar surface area (TPSA) is 133 Å². The molecule has 0 atom stereocenters. The van der Waals surface area contributed by atoms with Gasteiger partial charge >= 0.3 is 5.97 Å². The summed E-state index contributed by atoms with van der Waals surface area (Å²) in [6, 6.07) is 8.03. The quantitative estimate of drug-likeness (QED) is 0.558. The number of nitrogens with two attached hydrogens (primary N) is 1. The van der Waals surface area contributed by atoms with Crippen LogP contribution in [-0.4, -0.2) is 33.3 Å². The van der Waals surface area contributed by atoms with Crippen LogP contribution in [0.3, 0.4) is 0 Å². The molecular weight excluding hydrogens is 424 g/mol. The van der Waals surface area contributed by atoms with E-state index < -0.39 is 32.7 Å². The largest absolute Gasteiger partial charge is 0.465 e. The first-order valence-electron chi connectivity index (χ1n) is 8.20. The number of sulfonamides is 1. The van der Waals surface area contributed by atoms with E-state index in [1.807, 2.05) is 0 Å². The molecule has 0 bridgehead atoms. The molecule has 0 aromatic heterocycles. The lowest BCUT2D eigenvalue weighted by molar-refractivity contribution is -0.121. The van der Waals surface area contributed by atoms with Gasteiger partial charge < -0.3 is 9.47 Å². The van der Waals surface area contributed by atoms with Crippen LogP contribution in [0.2, 0.25) is 5.02 Å². The summed E-state index contributed by atoms with van der Waals surface area (Å²) < 4.78 is 34.8. The summed E-state index contributed by atoms with van der Waals surface area (Å²) in [7, 11) is -3.32. The minimum absolute atomic E-state index is 0.0631. The van der Waals surface area contributed by atoms with E-state index in [1.54, 1.807) is 0 Å². The van der Waals surface area contributed by atoms with Crippen molar-refractivity contribution in [2.75, 3.05) is 12.0 Å². The fourth-order valence-electron chi connectivity index (χ4n) is 2.77. The van der Waals surface area contributed by atoms with E-state index in [9.17, 15) is 22.8 Å². The van der Waals surface area contributed by atoms with Crippen molar-refractivity contribution in [1.82, 2.24) is 0 Å². The van der Waals surface area contributed by atoms with E-state index in [-0.39, 0.29) is 35.6 Å². The van der Waals surface area contributed by atoms with Crippen molar-refractivity contribution in [3.63, 3.8) is 0 Å². The van der Waals surface area contributed by atoms with Crippen LogP contribution in [0, 0.1) is 0 Å². The number of amides is 2. The number of hydrogen-bond donors (Lipinski definition) is 1. The normalized spacial score (nSPS) is 14.2. The van der Waals surface area contributed by atoms with Gasteiger partial charge in [0.1, 0.15) is 10.6 Å². The molecule has 11 heteroatoms. The van der Waals surface area contributed by atoms with Gasteiger partial charge in [-0.15, -0.1) is 0 Å². The fourth-order valence-corrected chi connectivity index (χ4v) is 3.59. The summed E-state index contributed by atoms with van der Waals surface area (Å²) in [6.45, 7) is 0. The number of esters is 1. The van der Waals surface area contributed by atoms with Gasteiger partial charge in [-0.2, -0.15) is 0 Å². The standard InChI is InChI=1S/C18H15ClN2O7S/c1-27-18(24)10-8-13(21-15(22)6-7-16(21)23)17(14(9-10)29(20,25)26)28-12-4-2-11(19)3-5-12/h2-5,8-9H,6-7H2,1H3,(H2,20,25,26). The predicted octanol–water partition coefficient (Wildman–Crippen LogP) is 2.22. The number of anilines is 1. The van der Waals surface area contributed by atoms with Gasteiger partial charge in [-0.25, -0.2) is 23.3 Å². The lowest BCUT2D eigenvalue weighted by Gasteiger charge is -2.21. The molecule has 29 heavy (non-hydrogen) atoms. The third-order valence-electron chi connectivity index (χ3n) is 4.09. The Morgan fingerprint density at radius 1 is 1.10 bits per heavy atom. The number of benzene rings is 2. The fraction of sp³-hybridized carbons (Fsp3) is 0.167. The molecule has 2 aromatic rings. The number of nitrogens with zero attached hydrogens (tertiary/aromatic N) is 1. The maximum Gasteiger partial charge on any atom is 0.337 e. The number of carbonyl (C=O) groups excluding carboxylic acids is 3. The molecule has 0 aliphatic carbocycles. The molecule has 3 rings (SSSR count). The molecule has 0 radical (unpaired) electrons. The second kappa shape index (κ2) is 7.82. The molecular formula is C18H15ClN2O7S. The Kier molecular flexibility index (Phi) is 5.60. The van der Waals surface area contributed by atoms with Crippen LogP contribution < -0.4 is 14.8 Å². The summed E-state index contributed by atoms with van der Waals surface area (Å²) in [5, 5.41) is 5.73. The summed E-state index contributed by atoms with van der Waals surface area (Å²) in [5.41, 5.74) is -0.443. The number of halogens is 1. The molecule has 1 saturated heterocycles. The Morgan fingerprint density at radius 2 is 1.69 bits per heavy atom. The number of imide groups is 1. The smallest absolute Gasteiger partial charge is 0.337 e. The van der Waals surface area contributed by atoms with E-state index in [0.717, 1.165) is 24.1 Å². The molecule has 0 unspecified atom stereocenters. The first kappa shape index (κ1) is 20.8. The highest BCUT2D eigenvalue weighted by atomic mass is 35.5. The average molecular weight is 439 g/mol. The summed E-state index contributed by atoms with van der Waals surface area (Å²) in [6.07, 6.45) is -0.126. The van der Waals surface area contributed by atoms with Crippen molar-refractivity contribution in [2.24, 2.45) is 5.14 Å². The Balaban J connectivity index is 2.29. The van der Waals surface area contributed by atoms with Crippen LogP contribution in [0.15, 0.2) is 41.3 Å². The number of ether oxygens (including phenoxy) is 2. The Morgan fingerprint density at radius 3 is 2.21 bits per heavy atom. The summed E-state index contributed by atoms with van der Waals surface area (Å²) >= 11 is 5.84. The summed E-state index contributed by atoms with van der Waals surface area (Å²) in [5.74, 6) is -2.22. The summed E-state index contributed by atoms with van der Waals surface area (Å²) in [4.78, 5) is 36.8. The lowest BCUT2D eigenvalue weighted by Crippen LogP contribution is -2.30. The maximum atomic E-state index is 12.3. The molecule has 152 valence electrons. The minimum atomic E-state index is -4.42. The van der Waals surface area contributed by atoms with E-state index in [2.05, 4.69) is 4.74 Å². The molecule has 2 N–H and O–H groups in total. The second-order valence-electron chi connectivity index (χ2n) is 6.04. The highest BCUT2D eigenvalue weighted by molar-refractivity contribution is 7.89. The zero-order valence-corrected chi connectivity index (χ0v) is 16.6. The number of carbonyl (C=O) groups is 3. The molecule has 1 heterocycles. The van der Waals surface area contributed by atoms with Gasteiger partial charge in [0, 0.05) is 17.9 Å². The van der Waals surface area contributed by atoms with Crippen molar-refractivity contribution >= 4 is 45.1 Å². The monoisotopic (exact) mass is 438 g/mol. The molecule has 2 amide bonds. The lowest BCUT2D eigenvalue weighted by atomic mass is 10.1. The van der Waals surface area contributed by atoms with Crippen LogP contribution in [0.1, 0.15) is 23.2 Å². The molecule has 0 saturated carbocycles. The van der Waals surface area contributed by atoms with Gasteiger partial charge in [-0.1, -0.05) is 11.6 Å². The van der Waals surface area contributed by atoms with E-state index in [1.165, 1.54) is 24.3 Å². The van der Waals surface area contributed by atoms with Gasteiger partial charge in [0.05, 0.1) is 18.4 Å². The maximum absolute atomic E-state index is 12.3. The molecule has 1 fully saturated rings. The third-order valence-corrected chi connectivity index (χ3v) is 5.26. The first-order chi connectivity index (χ1) is 13.6. The highest BCUT2D eigenvalue weighted by Crippen LogP contribution is 2.41. The van der Waals surface area contributed by atoms with E-state index in [4.69, 9.17) is 21.5 Å². The average Bonchev–Trinajstić information content (AvgIpc) is 3.00. The van der Waals surface area contributed by atoms with Gasteiger partial charge in [-0.3, -0.25) is 9.59 Å². The van der Waals surface area contributed by atoms with Crippen molar-refractivity contribution in [3.8, 4) is 11.5 Å². The van der Waals surface area contributed by atoms with Gasteiger partial charge in [0.25, 0.3) is 0 Å². The molecule has 0 spiro atoms. The number of primary sulfonamides is 1. The number of hydrogen-bond acceptors (Lipinski definition) is 7. The molecule has 2 aromatic carbocycles. The zero-order chi connectivity index (χ0) is 21.3. The van der Waals surface area contributed by atoms with Crippen LogP contribution in [0.5, 0.6) is 11.5 Å². The second-order valence-corrected chi connectivity index (χ2v) is 8.00. The highest BCUT2D eigenvalue weighted by Gasteiger charge is 2.36. The van der Waals surface area contributed by atoms with Gasteiger partial charge in [0.2, 0.25) is 21.8 Å². The van der Waals surface area contributed by atoms with E-state index >= 15 is 0 Å². The number of rotatable bonds is 5. The van der Waals surface area contributed by atoms with Crippen LogP contribution in [0.4, 0.5) is 5.69 Å². The minimum Gasteiger partial charge on any atom is -0.465 e. The predicted molar refractivity (Wildman–Crippen MR) is 102 cm³/mol. The van der Waals surface area contributed by atoms with Gasteiger partial charge in [-0.05, 0) is 36.4 Å². The SMILES string of the molecule is COC(=O)c1cc(N2C(=O)CCC2=O)c(Oc2ccc(Cl)cc2)c(S(N)(=O)=O)c1. The van der Waals surface area contributed by atoms with Crippen molar-refractivity contribution in [2.45, 2.75) is 17.7 Å². The zero-order valence-electron chi connectivity index (χ0n) is 15.0. The van der Waals surface area contributed by atoms with Gasteiger partial charge in [0.15, 0.2) is 5.75 Å². The third kappa shape index (κ3) is 4.24. The Bertz CT molecular complexity index is 1100. The molecule has 1 aliphatic heterocycles. The first-order valence-corrected chi connectivity index (χ1v) is 10.1.